The number of hydrogen-bond acceptors (Lipinski definition) is 8. The van der Waals surface area contributed by atoms with E-state index in [9.17, 15) is 18.8 Å². The van der Waals surface area contributed by atoms with Crippen molar-refractivity contribution >= 4 is 29.1 Å². The number of aryl methyl sites for hydroxylation is 2. The van der Waals surface area contributed by atoms with Crippen molar-refractivity contribution in [3.05, 3.63) is 51.5 Å². The molecule has 1 atom stereocenters. The summed E-state index contributed by atoms with van der Waals surface area (Å²) in [6.07, 6.45) is 1.83. The molecule has 5 rings (SSSR count). The largest absolute Gasteiger partial charge is 0.358 e. The highest BCUT2D eigenvalue weighted by atomic mass is 32.1. The number of tetrazole rings is 1. The van der Waals surface area contributed by atoms with Crippen LogP contribution in [-0.2, 0) is 16.1 Å². The molecule has 200 valence electrons. The predicted octanol–water partition coefficient (Wildman–Crippen LogP) is 1.89. The van der Waals surface area contributed by atoms with Crippen molar-refractivity contribution in [3.8, 4) is 5.69 Å². The Bertz CT molecular complexity index is 1380. The molecular weight excluding hydrogens is 511 g/mol. The van der Waals surface area contributed by atoms with Gasteiger partial charge in [-0.2, -0.15) is 4.68 Å². The summed E-state index contributed by atoms with van der Waals surface area (Å²) in [6.45, 7) is 5.27. The van der Waals surface area contributed by atoms with Crippen LogP contribution in [0.5, 0.6) is 0 Å². The third kappa shape index (κ3) is 4.89. The maximum atomic E-state index is 14.6. The highest BCUT2D eigenvalue weighted by molar-refractivity contribution is 7.09. The second-order valence-corrected chi connectivity index (χ2v) is 10.9. The maximum absolute atomic E-state index is 14.6. The van der Waals surface area contributed by atoms with Crippen LogP contribution in [0.1, 0.15) is 46.0 Å². The summed E-state index contributed by atoms with van der Waals surface area (Å²) in [7, 11) is 1.55. The first kappa shape index (κ1) is 25.9. The van der Waals surface area contributed by atoms with E-state index in [1.165, 1.54) is 28.2 Å². The molecule has 1 saturated carbocycles. The van der Waals surface area contributed by atoms with Gasteiger partial charge in [0, 0.05) is 37.1 Å². The Labute approximate surface area is 223 Å². The average molecular weight is 541 g/mol. The molecular formula is C25H29FN8O3S. The van der Waals surface area contributed by atoms with E-state index >= 15 is 0 Å². The molecule has 38 heavy (non-hydrogen) atoms. The monoisotopic (exact) mass is 540 g/mol. The van der Waals surface area contributed by atoms with Crippen LogP contribution in [0.4, 0.5) is 4.39 Å². The molecule has 13 heteroatoms. The fraction of sp³-hybridized carbons (Fsp3) is 0.480. The Morgan fingerprint density at radius 1 is 1.24 bits per heavy atom. The third-order valence-electron chi connectivity index (χ3n) is 7.34. The molecule has 1 aromatic carbocycles. The molecule has 1 aliphatic heterocycles. The van der Waals surface area contributed by atoms with Gasteiger partial charge < -0.3 is 15.1 Å². The van der Waals surface area contributed by atoms with E-state index in [2.05, 4.69) is 25.8 Å². The lowest BCUT2D eigenvalue weighted by atomic mass is 10.0. The van der Waals surface area contributed by atoms with Gasteiger partial charge in [0.05, 0.1) is 23.4 Å². The standard InChI is InChI=1S/C25H29FN8O3S/c1-15-21(38-14-28-15)13-33(12-17-4-7-32(11-17)24(37)25(5-6-25)23(36)27-3)22(35)18-8-19(26)10-20(9-18)34-16(2)29-30-31-34/h8-10,14,17H,4-7,11-13H2,1-3H3,(H,27,36). The lowest BCUT2D eigenvalue weighted by Gasteiger charge is -2.27. The third-order valence-corrected chi connectivity index (χ3v) is 8.26. The first-order valence-corrected chi connectivity index (χ1v) is 13.4. The average Bonchev–Trinajstić information content (AvgIpc) is 3.16. The lowest BCUT2D eigenvalue weighted by molar-refractivity contribution is -0.143. The van der Waals surface area contributed by atoms with Crippen molar-refractivity contribution in [3.63, 3.8) is 0 Å². The molecule has 2 aliphatic rings. The van der Waals surface area contributed by atoms with Crippen molar-refractivity contribution in [1.82, 2.24) is 40.3 Å². The highest BCUT2D eigenvalue weighted by Gasteiger charge is 2.58. The number of halogens is 1. The SMILES string of the molecule is CNC(=O)C1(C(=O)N2CCC(CN(Cc3scnc3C)C(=O)c3cc(F)cc(-n4nnnc4C)c3)C2)CC1. The molecule has 2 aromatic heterocycles. The zero-order chi connectivity index (χ0) is 27.0. The van der Waals surface area contributed by atoms with Gasteiger partial charge in [0.2, 0.25) is 11.8 Å². The summed E-state index contributed by atoms with van der Waals surface area (Å²) < 4.78 is 16.0. The van der Waals surface area contributed by atoms with Crippen LogP contribution in [-0.4, -0.2) is 79.4 Å². The Morgan fingerprint density at radius 3 is 2.66 bits per heavy atom. The molecule has 3 heterocycles. The molecule has 2 fully saturated rings. The lowest BCUT2D eigenvalue weighted by Crippen LogP contribution is -2.44. The van der Waals surface area contributed by atoms with E-state index in [0.29, 0.717) is 57.0 Å². The summed E-state index contributed by atoms with van der Waals surface area (Å²) in [5.74, 6) is -0.793. The number of carbonyl (C=O) groups excluding carboxylic acids is 3. The summed E-state index contributed by atoms with van der Waals surface area (Å²) >= 11 is 1.46. The van der Waals surface area contributed by atoms with E-state index in [1.807, 2.05) is 6.92 Å². The van der Waals surface area contributed by atoms with Crippen molar-refractivity contribution in [2.45, 2.75) is 39.7 Å². The molecule has 0 bridgehead atoms. The number of rotatable bonds is 8. The van der Waals surface area contributed by atoms with Gasteiger partial charge >= 0.3 is 0 Å². The van der Waals surface area contributed by atoms with Gasteiger partial charge in [0.25, 0.3) is 5.91 Å². The first-order chi connectivity index (χ1) is 18.2. The normalized spacial score (nSPS) is 17.9. The number of amides is 3. The molecule has 0 spiro atoms. The van der Waals surface area contributed by atoms with Crippen LogP contribution in [0.25, 0.3) is 5.69 Å². The van der Waals surface area contributed by atoms with Crippen LogP contribution in [0.2, 0.25) is 0 Å². The molecule has 3 aromatic rings. The van der Waals surface area contributed by atoms with Gasteiger partial charge in [-0.1, -0.05) is 0 Å². The van der Waals surface area contributed by atoms with Gasteiger partial charge in [0.1, 0.15) is 11.2 Å². The maximum Gasteiger partial charge on any atom is 0.254 e. The van der Waals surface area contributed by atoms with Gasteiger partial charge in [-0.05, 0) is 67.7 Å². The van der Waals surface area contributed by atoms with Crippen LogP contribution in [0, 0.1) is 31.0 Å². The molecule has 1 unspecified atom stereocenters. The van der Waals surface area contributed by atoms with Gasteiger partial charge in [-0.3, -0.25) is 14.4 Å². The summed E-state index contributed by atoms with van der Waals surface area (Å²) in [4.78, 5) is 47.9. The number of aromatic nitrogens is 5. The van der Waals surface area contributed by atoms with Crippen molar-refractivity contribution < 1.29 is 18.8 Å². The van der Waals surface area contributed by atoms with Crippen LogP contribution in [0.3, 0.4) is 0 Å². The molecule has 11 nitrogen and oxygen atoms in total. The minimum atomic E-state index is -0.939. The molecule has 3 amide bonds. The second kappa shape index (κ2) is 10.2. The van der Waals surface area contributed by atoms with E-state index in [-0.39, 0.29) is 29.2 Å². The zero-order valence-corrected chi connectivity index (χ0v) is 22.3. The van der Waals surface area contributed by atoms with E-state index in [0.717, 1.165) is 10.6 Å². The molecule has 0 radical (unpaired) electrons. The Balaban J connectivity index is 1.37. The summed E-state index contributed by atoms with van der Waals surface area (Å²) in [6, 6.07) is 4.06. The number of thiazole rings is 1. The van der Waals surface area contributed by atoms with Gasteiger partial charge in [-0.15, -0.1) is 16.4 Å². The fourth-order valence-corrected chi connectivity index (χ4v) is 5.82. The molecule has 1 saturated heterocycles. The number of benzene rings is 1. The van der Waals surface area contributed by atoms with Crippen LogP contribution < -0.4 is 5.32 Å². The smallest absolute Gasteiger partial charge is 0.254 e. The fourth-order valence-electron chi connectivity index (χ4n) is 5.03. The first-order valence-electron chi connectivity index (χ1n) is 12.5. The predicted molar refractivity (Wildman–Crippen MR) is 136 cm³/mol. The quantitative estimate of drug-likeness (QED) is 0.433. The van der Waals surface area contributed by atoms with Crippen molar-refractivity contribution in [1.29, 1.82) is 0 Å². The summed E-state index contributed by atoms with van der Waals surface area (Å²) in [5, 5.41) is 13.9. The van der Waals surface area contributed by atoms with Crippen LogP contribution in [0.15, 0.2) is 23.7 Å². The Kier molecular flexibility index (Phi) is 6.95. The molecule has 1 N–H and O–H groups in total. The van der Waals surface area contributed by atoms with E-state index < -0.39 is 11.2 Å². The Morgan fingerprint density at radius 2 is 2.03 bits per heavy atom. The second-order valence-electron chi connectivity index (χ2n) is 9.95. The van der Waals surface area contributed by atoms with Crippen molar-refractivity contribution in [2.75, 3.05) is 26.7 Å². The van der Waals surface area contributed by atoms with Gasteiger partial charge in [-0.25, -0.2) is 9.37 Å². The number of carbonyl (C=O) groups is 3. The van der Waals surface area contributed by atoms with E-state index in [4.69, 9.17) is 0 Å². The Hall–Kier alpha value is -3.74. The molecule has 1 aliphatic carbocycles. The van der Waals surface area contributed by atoms with Crippen molar-refractivity contribution in [2.24, 2.45) is 11.3 Å². The number of nitrogens with zero attached hydrogens (tertiary/aromatic N) is 7. The highest BCUT2D eigenvalue weighted by Crippen LogP contribution is 2.48. The minimum absolute atomic E-state index is 0.0198. The minimum Gasteiger partial charge on any atom is -0.358 e. The van der Waals surface area contributed by atoms with E-state index in [1.54, 1.807) is 35.3 Å². The van der Waals surface area contributed by atoms with Gasteiger partial charge in [0.15, 0.2) is 5.82 Å². The van der Waals surface area contributed by atoms with Crippen LogP contribution >= 0.6 is 11.3 Å². The topological polar surface area (TPSA) is 126 Å². The zero-order valence-electron chi connectivity index (χ0n) is 21.5. The number of nitrogens with one attached hydrogen (secondary N) is 1. The number of likely N-dealkylation sites (tertiary alicyclic amines) is 1. The number of hydrogen-bond donors (Lipinski definition) is 1. The summed E-state index contributed by atoms with van der Waals surface area (Å²) in [5.41, 5.74) is 2.16.